The van der Waals surface area contributed by atoms with Crippen molar-refractivity contribution in [1.82, 2.24) is 0 Å². The van der Waals surface area contributed by atoms with Crippen molar-refractivity contribution in [3.05, 3.63) is 34.5 Å². The number of thiophene rings is 1. The van der Waals surface area contributed by atoms with E-state index in [0.29, 0.717) is 10.1 Å². The van der Waals surface area contributed by atoms with Crippen LogP contribution in [0.25, 0.3) is 10.1 Å². The van der Waals surface area contributed by atoms with Crippen molar-refractivity contribution in [1.29, 1.82) is 0 Å². The van der Waals surface area contributed by atoms with E-state index in [0.717, 1.165) is 10.9 Å². The third-order valence-corrected chi connectivity index (χ3v) is 3.04. The second-order valence-electron chi connectivity index (χ2n) is 3.08. The number of aryl methyl sites for hydroxylation is 1. The van der Waals surface area contributed by atoms with E-state index >= 15 is 0 Å². The van der Waals surface area contributed by atoms with Gasteiger partial charge in [0.25, 0.3) is 6.43 Å². The van der Waals surface area contributed by atoms with Crippen LogP contribution in [0.3, 0.4) is 0 Å². The van der Waals surface area contributed by atoms with E-state index in [9.17, 15) is 13.2 Å². The molecule has 0 N–H and O–H groups in total. The van der Waals surface area contributed by atoms with Gasteiger partial charge in [-0.15, -0.1) is 11.3 Å². The van der Waals surface area contributed by atoms with Crippen LogP contribution in [0.4, 0.5) is 13.2 Å². The number of rotatable bonds is 1. The standard InChI is InChI=1S/C10H7F3S/c1-5-2-6-3-7(10(12)13)4-8(11)9(6)14-5/h2-4,10H,1H3. The second-order valence-corrected chi connectivity index (χ2v) is 4.34. The lowest BCUT2D eigenvalue weighted by Crippen LogP contribution is -1.85. The summed E-state index contributed by atoms with van der Waals surface area (Å²) in [6.07, 6.45) is -2.62. The summed E-state index contributed by atoms with van der Waals surface area (Å²) >= 11 is 1.28. The molecule has 0 aliphatic carbocycles. The van der Waals surface area contributed by atoms with Crippen molar-refractivity contribution in [2.24, 2.45) is 0 Å². The summed E-state index contributed by atoms with van der Waals surface area (Å²) in [5.74, 6) is -0.559. The number of hydrogen-bond donors (Lipinski definition) is 0. The first-order valence-electron chi connectivity index (χ1n) is 4.05. The molecule has 0 amide bonds. The van der Waals surface area contributed by atoms with Gasteiger partial charge in [-0.05, 0) is 30.5 Å². The maximum Gasteiger partial charge on any atom is 0.263 e. The van der Waals surface area contributed by atoms with Crippen LogP contribution in [0, 0.1) is 12.7 Å². The van der Waals surface area contributed by atoms with Crippen molar-refractivity contribution in [2.75, 3.05) is 0 Å². The third kappa shape index (κ3) is 1.50. The normalized spacial score (nSPS) is 11.5. The Balaban J connectivity index is 2.71. The van der Waals surface area contributed by atoms with E-state index in [1.54, 1.807) is 6.07 Å². The molecule has 1 heterocycles. The fourth-order valence-electron chi connectivity index (χ4n) is 1.39. The summed E-state index contributed by atoms with van der Waals surface area (Å²) in [5, 5.41) is 0.558. The van der Waals surface area contributed by atoms with Crippen LogP contribution in [0.1, 0.15) is 16.9 Å². The molecule has 0 spiro atoms. The lowest BCUT2D eigenvalue weighted by molar-refractivity contribution is 0.151. The molecule has 0 radical (unpaired) electrons. The van der Waals surface area contributed by atoms with Crippen molar-refractivity contribution in [3.63, 3.8) is 0 Å². The van der Waals surface area contributed by atoms with E-state index < -0.39 is 12.2 Å². The Morgan fingerprint density at radius 1 is 1.21 bits per heavy atom. The van der Waals surface area contributed by atoms with Crippen molar-refractivity contribution in [2.45, 2.75) is 13.3 Å². The van der Waals surface area contributed by atoms with Gasteiger partial charge >= 0.3 is 0 Å². The van der Waals surface area contributed by atoms with Crippen LogP contribution < -0.4 is 0 Å². The average molecular weight is 216 g/mol. The van der Waals surface area contributed by atoms with Crippen LogP contribution in [-0.2, 0) is 0 Å². The highest BCUT2D eigenvalue weighted by Gasteiger charge is 2.12. The molecule has 0 aliphatic heterocycles. The van der Waals surface area contributed by atoms with E-state index in [1.165, 1.54) is 17.4 Å². The predicted molar refractivity (Wildman–Crippen MR) is 51.5 cm³/mol. The van der Waals surface area contributed by atoms with Crippen molar-refractivity contribution < 1.29 is 13.2 Å². The fraction of sp³-hybridized carbons (Fsp3) is 0.200. The maximum atomic E-state index is 13.3. The van der Waals surface area contributed by atoms with Crippen LogP contribution in [0.2, 0.25) is 0 Å². The van der Waals surface area contributed by atoms with Gasteiger partial charge in [-0.2, -0.15) is 0 Å². The van der Waals surface area contributed by atoms with Gasteiger partial charge in [-0.3, -0.25) is 0 Å². The van der Waals surface area contributed by atoms with Crippen molar-refractivity contribution in [3.8, 4) is 0 Å². The molecule has 0 bridgehead atoms. The molecule has 0 nitrogen and oxygen atoms in total. The quantitative estimate of drug-likeness (QED) is 0.667. The van der Waals surface area contributed by atoms with E-state index in [1.807, 2.05) is 6.92 Å². The molecular weight excluding hydrogens is 209 g/mol. The summed E-state index contributed by atoms with van der Waals surface area (Å²) in [6.45, 7) is 1.83. The summed E-state index contributed by atoms with van der Waals surface area (Å²) < 4.78 is 38.4. The highest BCUT2D eigenvalue weighted by Crippen LogP contribution is 2.31. The molecule has 0 fully saturated rings. The predicted octanol–water partition coefficient (Wildman–Crippen LogP) is 4.29. The molecule has 74 valence electrons. The van der Waals surface area contributed by atoms with Gasteiger partial charge in [0, 0.05) is 10.4 Å². The molecule has 2 aromatic rings. The minimum Gasteiger partial charge on any atom is -0.205 e. The van der Waals surface area contributed by atoms with Gasteiger partial charge in [-0.1, -0.05) is 0 Å². The highest BCUT2D eigenvalue weighted by atomic mass is 32.1. The molecule has 0 aliphatic rings. The zero-order chi connectivity index (χ0) is 10.3. The molecule has 4 heteroatoms. The Kier molecular flexibility index (Phi) is 2.23. The minimum absolute atomic E-state index is 0.257. The molecule has 0 unspecified atom stereocenters. The largest absolute Gasteiger partial charge is 0.263 e. The highest BCUT2D eigenvalue weighted by molar-refractivity contribution is 7.19. The average Bonchev–Trinajstić information content (AvgIpc) is 2.45. The maximum absolute atomic E-state index is 13.3. The van der Waals surface area contributed by atoms with Crippen molar-refractivity contribution >= 4 is 21.4 Å². The summed E-state index contributed by atoms with van der Waals surface area (Å²) in [6, 6.07) is 3.96. The molecule has 14 heavy (non-hydrogen) atoms. The number of fused-ring (bicyclic) bond motifs is 1. The monoisotopic (exact) mass is 216 g/mol. The first kappa shape index (κ1) is 9.52. The lowest BCUT2D eigenvalue weighted by Gasteiger charge is -2.00. The molecular formula is C10H7F3S. The summed E-state index contributed by atoms with van der Waals surface area (Å²) in [4.78, 5) is 0.922. The molecule has 1 aromatic heterocycles. The lowest BCUT2D eigenvalue weighted by atomic mass is 10.1. The number of hydrogen-bond acceptors (Lipinski definition) is 1. The Morgan fingerprint density at radius 3 is 2.57 bits per heavy atom. The van der Waals surface area contributed by atoms with E-state index in [-0.39, 0.29) is 5.56 Å². The first-order chi connectivity index (χ1) is 6.58. The van der Waals surface area contributed by atoms with Crippen LogP contribution >= 0.6 is 11.3 Å². The number of alkyl halides is 2. The molecule has 0 atom stereocenters. The Hall–Kier alpha value is -1.03. The Morgan fingerprint density at radius 2 is 1.93 bits per heavy atom. The molecule has 0 saturated heterocycles. The van der Waals surface area contributed by atoms with Crippen LogP contribution in [-0.4, -0.2) is 0 Å². The molecule has 0 saturated carbocycles. The topological polar surface area (TPSA) is 0 Å². The van der Waals surface area contributed by atoms with Gasteiger partial charge < -0.3 is 0 Å². The van der Waals surface area contributed by atoms with E-state index in [2.05, 4.69) is 0 Å². The fourth-order valence-corrected chi connectivity index (χ4v) is 2.29. The number of halogens is 3. The van der Waals surface area contributed by atoms with Gasteiger partial charge in [0.1, 0.15) is 5.82 Å². The van der Waals surface area contributed by atoms with Gasteiger partial charge in [-0.25, -0.2) is 13.2 Å². The number of benzene rings is 1. The van der Waals surface area contributed by atoms with Gasteiger partial charge in [0.05, 0.1) is 4.70 Å². The van der Waals surface area contributed by atoms with E-state index in [4.69, 9.17) is 0 Å². The smallest absolute Gasteiger partial charge is 0.205 e. The Labute approximate surface area is 83.0 Å². The summed E-state index contributed by atoms with van der Waals surface area (Å²) in [5.41, 5.74) is -0.257. The molecule has 2 rings (SSSR count). The third-order valence-electron chi connectivity index (χ3n) is 1.97. The van der Waals surface area contributed by atoms with Crippen LogP contribution in [0.15, 0.2) is 18.2 Å². The van der Waals surface area contributed by atoms with Gasteiger partial charge in [0.15, 0.2) is 0 Å². The zero-order valence-corrected chi connectivity index (χ0v) is 8.17. The Bertz CT molecular complexity index is 473. The van der Waals surface area contributed by atoms with Crippen LogP contribution in [0.5, 0.6) is 0 Å². The van der Waals surface area contributed by atoms with Gasteiger partial charge in [0.2, 0.25) is 0 Å². The minimum atomic E-state index is -2.62. The second kappa shape index (κ2) is 3.28. The first-order valence-corrected chi connectivity index (χ1v) is 4.87. The zero-order valence-electron chi connectivity index (χ0n) is 7.35. The molecule has 1 aromatic carbocycles. The summed E-state index contributed by atoms with van der Waals surface area (Å²) in [7, 11) is 0. The SMILES string of the molecule is Cc1cc2cc(C(F)F)cc(F)c2s1.